The minimum absolute atomic E-state index is 0.116. The van der Waals surface area contributed by atoms with Crippen LogP contribution in [-0.4, -0.2) is 60.8 Å². The number of H-pyrrole nitrogens is 1. The van der Waals surface area contributed by atoms with E-state index in [9.17, 15) is 30.3 Å². The molecule has 9 unspecified atom stereocenters. The maximum atomic E-state index is 12.2. The highest BCUT2D eigenvalue weighted by molar-refractivity contribution is 5.70. The van der Waals surface area contributed by atoms with Crippen LogP contribution in [0.4, 0.5) is 0 Å². The number of hydrogen-bond donors (Lipinski definition) is 8. The summed E-state index contributed by atoms with van der Waals surface area (Å²) < 4.78 is 0. The molecule has 0 amide bonds. The van der Waals surface area contributed by atoms with Crippen molar-refractivity contribution in [3.63, 3.8) is 0 Å². The Morgan fingerprint density at radius 3 is 2.59 bits per heavy atom. The Balaban J connectivity index is 1.27. The van der Waals surface area contributed by atoms with Gasteiger partial charge >= 0.3 is 5.97 Å². The molecule has 0 spiro atoms. The van der Waals surface area contributed by atoms with Gasteiger partial charge in [-0.25, -0.2) is 0 Å². The lowest BCUT2D eigenvalue weighted by Crippen LogP contribution is -2.39. The summed E-state index contributed by atoms with van der Waals surface area (Å²) in [4.78, 5) is 15.3. The van der Waals surface area contributed by atoms with Crippen LogP contribution in [0.1, 0.15) is 115 Å². The van der Waals surface area contributed by atoms with E-state index in [0.717, 1.165) is 44.1 Å². The third kappa shape index (κ3) is 10.2. The van der Waals surface area contributed by atoms with E-state index in [1.165, 1.54) is 19.3 Å². The van der Waals surface area contributed by atoms with Gasteiger partial charge in [-0.3, -0.25) is 4.79 Å². The summed E-state index contributed by atoms with van der Waals surface area (Å²) in [6.45, 7) is 2.86. The largest absolute Gasteiger partial charge is 0.481 e. The summed E-state index contributed by atoms with van der Waals surface area (Å²) in [5.74, 6) is -1.02. The molecule has 0 saturated heterocycles. The SMILES string of the molecule is CCCCCC1C=CC(CCCCCC(C(=O)O)C(O)CCC2(O)CC(CC3=CCNC(N)=C3)CC2C(O)c2ccc[nH]2)C(O)C1. The highest BCUT2D eigenvalue weighted by atomic mass is 16.4. The first-order chi connectivity index (χ1) is 22.1. The van der Waals surface area contributed by atoms with Gasteiger partial charge in [0.2, 0.25) is 0 Å². The fourth-order valence-electron chi connectivity index (χ4n) is 8.16. The number of nitrogens with one attached hydrogen (secondary N) is 2. The summed E-state index contributed by atoms with van der Waals surface area (Å²) in [5, 5.41) is 58.0. The number of carboxylic acids is 1. The van der Waals surface area contributed by atoms with Gasteiger partial charge < -0.3 is 41.6 Å². The van der Waals surface area contributed by atoms with Crippen molar-refractivity contribution in [3.05, 3.63) is 59.7 Å². The first kappa shape index (κ1) is 36.2. The lowest BCUT2D eigenvalue weighted by Gasteiger charge is -2.34. The summed E-state index contributed by atoms with van der Waals surface area (Å²) in [6.07, 6.45) is 19.4. The summed E-state index contributed by atoms with van der Waals surface area (Å²) in [7, 11) is 0. The number of rotatable bonds is 19. The van der Waals surface area contributed by atoms with Crippen LogP contribution in [0, 0.1) is 29.6 Å². The maximum absolute atomic E-state index is 12.2. The van der Waals surface area contributed by atoms with Crippen LogP contribution in [0.25, 0.3) is 0 Å². The molecular weight excluding hydrogens is 582 g/mol. The standard InChI is InChI=1S/C37H59N3O6/c1-2-3-5-9-25-13-14-28(33(42)22-25)10-6-4-7-11-29(36(44)45)32(41)15-17-37(46)24-27(20-26-16-19-40-34(38)23-26)21-30(37)35(43)31-12-8-18-39-31/h8,12-14,16,18,23,25,27-30,32-33,35,39-43,46H,2-7,9-11,15,17,19-22,24,38H2,1H3,(H,44,45). The Morgan fingerprint density at radius 2 is 1.89 bits per heavy atom. The van der Waals surface area contributed by atoms with E-state index < -0.39 is 35.6 Å². The fraction of sp³-hybridized carbons (Fsp3) is 0.703. The smallest absolute Gasteiger partial charge is 0.309 e. The first-order valence-corrected chi connectivity index (χ1v) is 17.8. The van der Waals surface area contributed by atoms with Gasteiger partial charge in [-0.15, -0.1) is 0 Å². The van der Waals surface area contributed by atoms with Crippen molar-refractivity contribution in [1.29, 1.82) is 0 Å². The van der Waals surface area contributed by atoms with Crippen LogP contribution < -0.4 is 11.1 Å². The number of allylic oxidation sites excluding steroid dienone is 3. The molecule has 1 aliphatic heterocycles. The Labute approximate surface area is 275 Å². The monoisotopic (exact) mass is 641 g/mol. The van der Waals surface area contributed by atoms with Crippen molar-refractivity contribution < 1.29 is 30.3 Å². The van der Waals surface area contributed by atoms with Crippen LogP contribution in [-0.2, 0) is 4.79 Å². The molecule has 0 aromatic carbocycles. The zero-order valence-corrected chi connectivity index (χ0v) is 27.7. The minimum atomic E-state index is -1.24. The Morgan fingerprint density at radius 1 is 1.09 bits per heavy atom. The summed E-state index contributed by atoms with van der Waals surface area (Å²) >= 11 is 0. The highest BCUT2D eigenvalue weighted by Crippen LogP contribution is 2.50. The molecule has 1 saturated carbocycles. The second-order valence-corrected chi connectivity index (χ2v) is 14.3. The zero-order chi connectivity index (χ0) is 33.1. The third-order valence-electron chi connectivity index (χ3n) is 10.8. The van der Waals surface area contributed by atoms with Crippen molar-refractivity contribution in [3.8, 4) is 0 Å². The van der Waals surface area contributed by atoms with E-state index in [4.69, 9.17) is 5.73 Å². The van der Waals surface area contributed by atoms with Crippen LogP contribution in [0.3, 0.4) is 0 Å². The molecule has 3 aliphatic rings. The first-order valence-electron chi connectivity index (χ1n) is 17.8. The molecule has 1 aromatic heterocycles. The van der Waals surface area contributed by atoms with E-state index in [-0.39, 0.29) is 30.8 Å². The summed E-state index contributed by atoms with van der Waals surface area (Å²) in [5.41, 5.74) is 6.46. The summed E-state index contributed by atoms with van der Waals surface area (Å²) in [6, 6.07) is 3.63. The van der Waals surface area contributed by atoms with Crippen molar-refractivity contribution in [1.82, 2.24) is 10.3 Å². The molecule has 1 fully saturated rings. The Bertz CT molecular complexity index is 1170. The molecule has 9 heteroatoms. The van der Waals surface area contributed by atoms with Gasteiger partial charge in [-0.1, -0.05) is 63.7 Å². The normalized spacial score (nSPS) is 29.9. The molecule has 2 aliphatic carbocycles. The fourth-order valence-corrected chi connectivity index (χ4v) is 8.16. The average Bonchev–Trinajstić information content (AvgIpc) is 3.67. The van der Waals surface area contributed by atoms with Crippen LogP contribution in [0.2, 0.25) is 0 Å². The molecule has 2 heterocycles. The third-order valence-corrected chi connectivity index (χ3v) is 10.8. The Kier molecular flexibility index (Phi) is 13.8. The number of aromatic amines is 1. The maximum Gasteiger partial charge on any atom is 0.309 e. The molecule has 9 atom stereocenters. The van der Waals surface area contributed by atoms with Gasteiger partial charge in [0.05, 0.1) is 35.7 Å². The number of unbranched alkanes of at least 4 members (excludes halogenated alkanes) is 4. The van der Waals surface area contributed by atoms with Crippen LogP contribution >= 0.6 is 0 Å². The van der Waals surface area contributed by atoms with Gasteiger partial charge in [-0.2, -0.15) is 0 Å². The van der Waals surface area contributed by atoms with Crippen molar-refractivity contribution in [2.24, 2.45) is 35.3 Å². The van der Waals surface area contributed by atoms with E-state index in [1.807, 2.05) is 18.2 Å². The van der Waals surface area contributed by atoms with Gasteiger partial charge in [0.15, 0.2) is 0 Å². The number of carbonyl (C=O) groups is 1. The molecule has 9 N–H and O–H groups in total. The topological polar surface area (TPSA) is 172 Å². The molecule has 258 valence electrons. The Hall–Kier alpha value is -2.59. The number of aliphatic carboxylic acids is 1. The van der Waals surface area contributed by atoms with E-state index in [2.05, 4.69) is 35.5 Å². The number of carboxylic acid groups (broad SMARTS) is 1. The second kappa shape index (κ2) is 17.5. The number of nitrogens with two attached hydrogens (primary N) is 1. The highest BCUT2D eigenvalue weighted by Gasteiger charge is 2.49. The average molecular weight is 642 g/mol. The van der Waals surface area contributed by atoms with E-state index in [1.54, 1.807) is 6.20 Å². The molecule has 0 radical (unpaired) electrons. The molecule has 9 nitrogen and oxygen atoms in total. The van der Waals surface area contributed by atoms with Gasteiger partial charge in [0.1, 0.15) is 0 Å². The lowest BCUT2D eigenvalue weighted by molar-refractivity contribution is -0.147. The van der Waals surface area contributed by atoms with E-state index >= 15 is 0 Å². The molecule has 0 bridgehead atoms. The van der Waals surface area contributed by atoms with Crippen molar-refractivity contribution in [2.45, 2.75) is 127 Å². The number of dihydropyridines is 1. The molecule has 1 aromatic rings. The molecule has 46 heavy (non-hydrogen) atoms. The van der Waals surface area contributed by atoms with Crippen LogP contribution in [0.15, 0.2) is 54.0 Å². The number of aliphatic hydroxyl groups is 4. The zero-order valence-electron chi connectivity index (χ0n) is 27.7. The minimum Gasteiger partial charge on any atom is -0.481 e. The quantitative estimate of drug-likeness (QED) is 0.0728. The van der Waals surface area contributed by atoms with Crippen molar-refractivity contribution >= 4 is 5.97 Å². The van der Waals surface area contributed by atoms with Gasteiger partial charge in [0.25, 0.3) is 0 Å². The van der Waals surface area contributed by atoms with E-state index in [0.29, 0.717) is 49.7 Å². The van der Waals surface area contributed by atoms with Crippen LogP contribution in [0.5, 0.6) is 0 Å². The number of hydrogen-bond acceptors (Lipinski definition) is 7. The molecular formula is C37H59N3O6. The predicted octanol–water partition coefficient (Wildman–Crippen LogP) is 5.45. The van der Waals surface area contributed by atoms with Gasteiger partial charge in [-0.05, 0) is 93.4 Å². The number of aliphatic hydroxyl groups excluding tert-OH is 3. The van der Waals surface area contributed by atoms with Gasteiger partial charge in [0, 0.05) is 30.3 Å². The van der Waals surface area contributed by atoms with Crippen molar-refractivity contribution in [2.75, 3.05) is 6.54 Å². The second-order valence-electron chi connectivity index (χ2n) is 14.3. The molecule has 4 rings (SSSR count). The predicted molar refractivity (Wildman–Crippen MR) is 180 cm³/mol. The number of aromatic nitrogens is 1. The lowest BCUT2D eigenvalue weighted by atomic mass is 9.79.